The number of carbonyl (C=O) groups excluding carboxylic acids is 2. The number of para-hydroxylation sites is 1. The average Bonchev–Trinajstić information content (AvgIpc) is 4.16. The molecule has 4 aromatic heterocycles. The molecule has 73 heavy (non-hydrogen) atoms. The van der Waals surface area contributed by atoms with Crippen LogP contribution in [0.4, 0.5) is 23.0 Å². The van der Waals surface area contributed by atoms with Crippen molar-refractivity contribution in [2.75, 3.05) is 79.4 Å². The minimum absolute atomic E-state index is 0.0778. The molecule has 2 unspecified atom stereocenters. The maximum absolute atomic E-state index is 14.3. The summed E-state index contributed by atoms with van der Waals surface area (Å²) in [6, 6.07) is 22.7. The van der Waals surface area contributed by atoms with Gasteiger partial charge in [-0.05, 0) is 68.0 Å². The number of anilines is 4. The highest BCUT2D eigenvalue weighted by atomic mass is 32.1. The van der Waals surface area contributed by atoms with Crippen LogP contribution in [0.3, 0.4) is 0 Å². The molecule has 2 bridgehead atoms. The second kappa shape index (κ2) is 20.2. The van der Waals surface area contributed by atoms with Gasteiger partial charge in [-0.25, -0.2) is 9.97 Å². The molecule has 11 rings (SSSR count). The van der Waals surface area contributed by atoms with Crippen molar-refractivity contribution in [3.05, 3.63) is 102 Å². The lowest BCUT2D eigenvalue weighted by Gasteiger charge is -2.46. The smallest absolute Gasteiger partial charge is 0.243 e. The van der Waals surface area contributed by atoms with Crippen molar-refractivity contribution < 1.29 is 29.1 Å². The van der Waals surface area contributed by atoms with Crippen molar-refractivity contribution in [1.29, 1.82) is 0 Å². The number of β-amino-alcohol motifs (C(OH)–C–C–N with tert-alkyl or cyclic N) is 1. The molecular formula is C54H64N12O6S. The second-order valence-electron chi connectivity index (χ2n) is 21.1. The van der Waals surface area contributed by atoms with Crippen molar-refractivity contribution in [3.63, 3.8) is 0 Å². The van der Waals surface area contributed by atoms with E-state index in [-0.39, 0.29) is 42.5 Å². The number of thiazole rings is 1. The number of aromatic hydroxyl groups is 1. The largest absolute Gasteiger partial charge is 0.507 e. The van der Waals surface area contributed by atoms with E-state index in [9.17, 15) is 19.8 Å². The molecule has 6 atom stereocenters. The van der Waals surface area contributed by atoms with Gasteiger partial charge in [-0.15, -0.1) is 21.5 Å². The maximum Gasteiger partial charge on any atom is 0.243 e. The number of pyridine rings is 1. The highest BCUT2D eigenvalue weighted by molar-refractivity contribution is 7.13. The predicted octanol–water partition coefficient (Wildman–Crippen LogP) is 6.13. The van der Waals surface area contributed by atoms with E-state index in [0.717, 1.165) is 91.7 Å². The number of rotatable bonds is 16. The molecule has 5 N–H and O–H groups in total. The van der Waals surface area contributed by atoms with Crippen LogP contribution in [0.2, 0.25) is 0 Å². The second-order valence-corrected chi connectivity index (χ2v) is 21.9. The number of ether oxygens (including phenoxy) is 1. The first kappa shape index (κ1) is 48.4. The molecular weight excluding hydrogens is 945 g/mol. The molecule has 18 nitrogen and oxygen atoms in total. The summed E-state index contributed by atoms with van der Waals surface area (Å²) in [4.78, 5) is 49.2. The number of phenolic OH excluding ortho intramolecular Hbond substituents is 1. The number of nitrogens with one attached hydrogen (secondary N) is 1. The minimum atomic E-state index is -0.807. The number of fused-ring (bicyclic) bond motifs is 2. The van der Waals surface area contributed by atoms with Crippen LogP contribution < -0.4 is 30.5 Å². The van der Waals surface area contributed by atoms with Gasteiger partial charge < -0.3 is 55.0 Å². The number of amides is 2. The van der Waals surface area contributed by atoms with Crippen molar-refractivity contribution >= 4 is 46.2 Å². The molecule has 5 fully saturated rings. The van der Waals surface area contributed by atoms with Crippen LogP contribution in [0.5, 0.6) is 11.6 Å². The van der Waals surface area contributed by atoms with Crippen LogP contribution in [0.15, 0.2) is 89.0 Å². The monoisotopic (exact) mass is 1010 g/mol. The van der Waals surface area contributed by atoms with Crippen LogP contribution in [0, 0.1) is 24.7 Å². The van der Waals surface area contributed by atoms with Gasteiger partial charge in [0.05, 0.1) is 46.2 Å². The van der Waals surface area contributed by atoms with E-state index < -0.39 is 18.1 Å². The normalized spacial score (nSPS) is 22.1. The maximum atomic E-state index is 14.3. The molecule has 2 amide bonds. The predicted molar refractivity (Wildman–Crippen MR) is 279 cm³/mol. The van der Waals surface area contributed by atoms with E-state index in [1.165, 1.54) is 4.90 Å². The summed E-state index contributed by atoms with van der Waals surface area (Å²) in [7, 11) is 0. The highest BCUT2D eigenvalue weighted by Crippen LogP contribution is 2.40. The number of carbonyl (C=O) groups is 2. The summed E-state index contributed by atoms with van der Waals surface area (Å²) in [5.74, 6) is 1.94. The fourth-order valence-electron chi connectivity index (χ4n) is 11.7. The molecule has 0 saturated carbocycles. The Labute approximate surface area is 429 Å². The Morgan fingerprint density at radius 1 is 0.904 bits per heavy atom. The van der Waals surface area contributed by atoms with Crippen LogP contribution in [-0.4, -0.2) is 140 Å². The van der Waals surface area contributed by atoms with Gasteiger partial charge in [0.1, 0.15) is 17.7 Å². The number of aryl methyl sites for hydroxylation is 1. The third kappa shape index (κ3) is 9.89. The zero-order chi connectivity index (χ0) is 50.5. The zero-order valence-electron chi connectivity index (χ0n) is 41.7. The fraction of sp³-hybridized carbons (Fsp3) is 0.463. The van der Waals surface area contributed by atoms with Crippen LogP contribution in [-0.2, 0) is 9.59 Å². The van der Waals surface area contributed by atoms with Gasteiger partial charge in [0.15, 0.2) is 17.4 Å². The van der Waals surface area contributed by atoms with E-state index in [1.807, 2.05) is 87.9 Å². The summed E-state index contributed by atoms with van der Waals surface area (Å²) in [5, 5.41) is 37.3. The number of aromatic nitrogens is 5. The SMILES string of the molecule is Cc1ncsc1-c1ccc([C@H](C)NC(=O)[C@@H]2C[C@@H](O)CN2C(=O)[C@@H](c2cc(N3CC(CN4CC(COc5cc(N6C7CCC6CN(c6cc(-c8ccccc8O)nnc6N)C7)ccn5)C4)C3)no2)C(C)C)cc1. The zero-order valence-corrected chi connectivity index (χ0v) is 42.6. The number of nitrogens with zero attached hydrogens (tertiary/aromatic N) is 10. The number of nitrogen functional groups attached to an aromatic ring is 1. The van der Waals surface area contributed by atoms with Crippen molar-refractivity contribution in [3.8, 4) is 33.3 Å². The topological polar surface area (TPSA) is 216 Å². The number of hydrogen-bond donors (Lipinski definition) is 4. The summed E-state index contributed by atoms with van der Waals surface area (Å²) in [6.45, 7) is 14.7. The van der Waals surface area contributed by atoms with Crippen LogP contribution in [0.25, 0.3) is 21.7 Å². The number of aliphatic hydroxyl groups is 1. The van der Waals surface area contributed by atoms with Crippen molar-refractivity contribution in [1.82, 2.24) is 40.4 Å². The molecule has 6 aromatic rings. The standard InChI is InChI=1S/C54H64N12O6S/c1-31(2)50(54(70)65-28-41(67)18-45(65)53(69)58-32(3)36-9-11-37(12-10-36)51-33(4)57-30-73-51)47-20-48(61-72-47)64-24-34(25-64)21-62-22-35(23-62)29-71-49-17-38(15-16-56-49)66-39-13-14-40(66)27-63(26-39)44-19-43(59-60-52(44)55)42-7-5-6-8-46(42)68/h5-12,15-17,19-20,30-32,34-35,39-41,45,50,67-68H,13-14,18,21-29H2,1-4H3,(H2,55,60)(H,58,69)/t32-,39?,40?,41+,45-,50+/m0/s1. The third-order valence-corrected chi connectivity index (χ3v) is 16.5. The van der Waals surface area contributed by atoms with E-state index in [2.05, 4.69) is 62.4 Å². The average molecular weight is 1010 g/mol. The quantitative estimate of drug-likeness (QED) is 0.0858. The molecule has 19 heteroatoms. The number of nitrogens with two attached hydrogens (primary N) is 1. The Morgan fingerprint density at radius 2 is 1.67 bits per heavy atom. The van der Waals surface area contributed by atoms with E-state index in [4.69, 9.17) is 15.0 Å². The molecule has 5 aliphatic heterocycles. The first-order chi connectivity index (χ1) is 35.3. The summed E-state index contributed by atoms with van der Waals surface area (Å²) < 4.78 is 12.2. The number of benzene rings is 2. The lowest BCUT2D eigenvalue weighted by molar-refractivity contribution is -0.141. The van der Waals surface area contributed by atoms with Gasteiger partial charge >= 0.3 is 0 Å². The van der Waals surface area contributed by atoms with E-state index in [0.29, 0.717) is 65.1 Å². The molecule has 0 aliphatic carbocycles. The van der Waals surface area contributed by atoms with Crippen molar-refractivity contribution in [2.45, 2.75) is 83.1 Å². The number of phenols is 1. The van der Waals surface area contributed by atoms with Gasteiger partial charge in [0, 0.05) is 112 Å². The van der Waals surface area contributed by atoms with Gasteiger partial charge in [-0.1, -0.05) is 55.4 Å². The first-order valence-electron chi connectivity index (χ1n) is 25.6. The number of likely N-dealkylation sites (tertiary alicyclic amines) is 2. The summed E-state index contributed by atoms with van der Waals surface area (Å²) in [5.41, 5.74) is 14.4. The molecule has 5 saturated heterocycles. The molecule has 0 radical (unpaired) electrons. The van der Waals surface area contributed by atoms with Gasteiger partial charge in [0.25, 0.3) is 0 Å². The van der Waals surface area contributed by atoms with Gasteiger partial charge in [0.2, 0.25) is 17.7 Å². The molecule has 0 spiro atoms. The fourth-order valence-corrected chi connectivity index (χ4v) is 12.5. The Bertz CT molecular complexity index is 2920. The van der Waals surface area contributed by atoms with Crippen LogP contribution >= 0.6 is 11.3 Å². The lowest BCUT2D eigenvalue weighted by atomic mass is 9.91. The number of hydrogen-bond acceptors (Lipinski definition) is 17. The van der Waals surface area contributed by atoms with E-state index >= 15 is 0 Å². The third-order valence-electron chi connectivity index (χ3n) is 15.5. The van der Waals surface area contributed by atoms with Crippen molar-refractivity contribution in [2.24, 2.45) is 17.8 Å². The molecule has 5 aliphatic rings. The molecule has 2 aromatic carbocycles. The van der Waals surface area contributed by atoms with E-state index in [1.54, 1.807) is 23.5 Å². The lowest BCUT2D eigenvalue weighted by Crippen LogP contribution is -2.57. The Balaban J connectivity index is 0.631. The minimum Gasteiger partial charge on any atom is -0.507 e. The Hall–Kier alpha value is -6.83. The summed E-state index contributed by atoms with van der Waals surface area (Å²) >= 11 is 1.60. The number of piperazine rings is 1. The van der Waals surface area contributed by atoms with Gasteiger partial charge in [-0.3, -0.25) is 9.59 Å². The van der Waals surface area contributed by atoms with Crippen LogP contribution in [0.1, 0.15) is 69.0 Å². The molecule has 382 valence electrons. The number of aliphatic hydroxyl groups excluding tert-OH is 1. The first-order valence-corrected chi connectivity index (χ1v) is 26.5. The Morgan fingerprint density at radius 3 is 2.40 bits per heavy atom. The highest BCUT2D eigenvalue weighted by Gasteiger charge is 2.45. The summed E-state index contributed by atoms with van der Waals surface area (Å²) in [6.07, 6.45) is 3.35. The molecule has 9 heterocycles. The van der Waals surface area contributed by atoms with Gasteiger partial charge in [-0.2, -0.15) is 0 Å². The Kier molecular flexibility index (Phi) is 13.4.